The van der Waals surface area contributed by atoms with Crippen LogP contribution in [0.25, 0.3) is 0 Å². The fourth-order valence-corrected chi connectivity index (χ4v) is 1.48. The summed E-state index contributed by atoms with van der Waals surface area (Å²) in [5, 5.41) is 3.17. The summed E-state index contributed by atoms with van der Waals surface area (Å²) >= 11 is 4.11. The highest BCUT2D eigenvalue weighted by Gasteiger charge is 2.04. The van der Waals surface area contributed by atoms with E-state index >= 15 is 0 Å². The topological polar surface area (TPSA) is 21.3 Å². The molecule has 3 heteroatoms. The molecule has 0 spiro atoms. The largest absolute Gasteiger partial charge is 0.496 e. The first kappa shape index (κ1) is 11.4. The van der Waals surface area contributed by atoms with Crippen LogP contribution in [0.1, 0.15) is 16.7 Å². The SMILES string of the molecule is COc1cc(C)c(C)cc1CNCS. The number of rotatable bonds is 4. The molecule has 1 rings (SSSR count). The summed E-state index contributed by atoms with van der Waals surface area (Å²) in [6, 6.07) is 4.23. The molecule has 1 aromatic carbocycles. The zero-order valence-electron chi connectivity index (χ0n) is 8.92. The van der Waals surface area contributed by atoms with E-state index < -0.39 is 0 Å². The van der Waals surface area contributed by atoms with Crippen molar-refractivity contribution in [3.8, 4) is 5.75 Å². The van der Waals surface area contributed by atoms with E-state index in [0.29, 0.717) is 5.88 Å². The lowest BCUT2D eigenvalue weighted by molar-refractivity contribution is 0.408. The highest BCUT2D eigenvalue weighted by atomic mass is 32.1. The molecule has 78 valence electrons. The average Bonchev–Trinajstić information content (AvgIpc) is 2.19. The first-order valence-electron chi connectivity index (χ1n) is 4.64. The van der Waals surface area contributed by atoms with Gasteiger partial charge in [-0.25, -0.2) is 0 Å². The summed E-state index contributed by atoms with van der Waals surface area (Å²) < 4.78 is 5.31. The van der Waals surface area contributed by atoms with Gasteiger partial charge in [-0.05, 0) is 31.0 Å². The summed E-state index contributed by atoms with van der Waals surface area (Å²) in [5.41, 5.74) is 3.74. The molecule has 1 aromatic rings. The van der Waals surface area contributed by atoms with Crippen LogP contribution in [0.15, 0.2) is 12.1 Å². The molecule has 0 aliphatic carbocycles. The predicted molar refractivity (Wildman–Crippen MR) is 63.2 cm³/mol. The van der Waals surface area contributed by atoms with Gasteiger partial charge < -0.3 is 10.1 Å². The second-order valence-corrected chi connectivity index (χ2v) is 3.65. The second kappa shape index (κ2) is 5.27. The molecule has 0 radical (unpaired) electrons. The van der Waals surface area contributed by atoms with Crippen molar-refractivity contribution in [1.82, 2.24) is 5.32 Å². The number of ether oxygens (including phenoxy) is 1. The van der Waals surface area contributed by atoms with Crippen LogP contribution in [0.5, 0.6) is 5.75 Å². The molecular weight excluding hydrogens is 194 g/mol. The van der Waals surface area contributed by atoms with Crippen molar-refractivity contribution in [2.24, 2.45) is 0 Å². The van der Waals surface area contributed by atoms with E-state index in [-0.39, 0.29) is 0 Å². The molecule has 0 aliphatic heterocycles. The Morgan fingerprint density at radius 2 is 1.93 bits per heavy atom. The van der Waals surface area contributed by atoms with Gasteiger partial charge in [0.2, 0.25) is 0 Å². The van der Waals surface area contributed by atoms with E-state index in [0.717, 1.165) is 12.3 Å². The Morgan fingerprint density at radius 1 is 1.29 bits per heavy atom. The Bertz CT molecular complexity index is 312. The monoisotopic (exact) mass is 211 g/mol. The zero-order valence-corrected chi connectivity index (χ0v) is 9.82. The smallest absolute Gasteiger partial charge is 0.123 e. The normalized spacial score (nSPS) is 10.3. The predicted octanol–water partition coefficient (Wildman–Crippen LogP) is 2.29. The first-order valence-corrected chi connectivity index (χ1v) is 5.28. The minimum Gasteiger partial charge on any atom is -0.496 e. The van der Waals surface area contributed by atoms with Crippen LogP contribution in [0.3, 0.4) is 0 Å². The van der Waals surface area contributed by atoms with Gasteiger partial charge in [-0.3, -0.25) is 0 Å². The lowest BCUT2D eigenvalue weighted by atomic mass is 10.1. The molecule has 0 heterocycles. The van der Waals surface area contributed by atoms with E-state index in [1.807, 2.05) is 0 Å². The van der Waals surface area contributed by atoms with Gasteiger partial charge in [0.1, 0.15) is 5.75 Å². The van der Waals surface area contributed by atoms with E-state index in [2.05, 4.69) is 43.9 Å². The van der Waals surface area contributed by atoms with E-state index in [1.54, 1.807) is 7.11 Å². The van der Waals surface area contributed by atoms with Crippen LogP contribution < -0.4 is 10.1 Å². The number of thiol groups is 1. The van der Waals surface area contributed by atoms with E-state index in [1.165, 1.54) is 16.7 Å². The lowest BCUT2D eigenvalue weighted by Gasteiger charge is -2.11. The minimum absolute atomic E-state index is 0.677. The Balaban J connectivity index is 2.95. The quantitative estimate of drug-likeness (QED) is 0.589. The lowest BCUT2D eigenvalue weighted by Crippen LogP contribution is -2.11. The van der Waals surface area contributed by atoms with Gasteiger partial charge in [0, 0.05) is 18.0 Å². The summed E-state index contributed by atoms with van der Waals surface area (Å²) in [5.74, 6) is 1.62. The van der Waals surface area contributed by atoms with Gasteiger partial charge in [0.05, 0.1) is 7.11 Å². The van der Waals surface area contributed by atoms with Crippen molar-refractivity contribution in [2.45, 2.75) is 20.4 Å². The number of hydrogen-bond donors (Lipinski definition) is 2. The number of aryl methyl sites for hydroxylation is 2. The van der Waals surface area contributed by atoms with Crippen LogP contribution in [-0.4, -0.2) is 13.0 Å². The summed E-state index contributed by atoms with van der Waals surface area (Å²) in [6.45, 7) is 5.00. The molecule has 0 amide bonds. The average molecular weight is 211 g/mol. The molecule has 0 atom stereocenters. The Labute approximate surface area is 91.1 Å². The van der Waals surface area contributed by atoms with Crippen molar-refractivity contribution in [1.29, 1.82) is 0 Å². The van der Waals surface area contributed by atoms with Gasteiger partial charge in [-0.1, -0.05) is 6.07 Å². The standard InChI is InChI=1S/C11H17NOS/c1-8-4-10(6-12-7-14)11(13-3)5-9(8)2/h4-5,12,14H,6-7H2,1-3H3. The minimum atomic E-state index is 0.677. The van der Waals surface area contributed by atoms with Gasteiger partial charge >= 0.3 is 0 Å². The number of nitrogens with one attached hydrogen (secondary N) is 1. The molecule has 0 saturated carbocycles. The molecule has 0 bridgehead atoms. The van der Waals surface area contributed by atoms with Crippen LogP contribution in [-0.2, 0) is 6.54 Å². The molecule has 0 aromatic heterocycles. The maximum absolute atomic E-state index is 5.31. The van der Waals surface area contributed by atoms with Gasteiger partial charge in [0.15, 0.2) is 0 Å². The van der Waals surface area contributed by atoms with Crippen molar-refractivity contribution >= 4 is 12.6 Å². The molecule has 14 heavy (non-hydrogen) atoms. The molecule has 0 aliphatic rings. The highest BCUT2D eigenvalue weighted by Crippen LogP contribution is 2.22. The summed E-state index contributed by atoms with van der Waals surface area (Å²) in [6.07, 6.45) is 0. The highest BCUT2D eigenvalue weighted by molar-refractivity contribution is 7.80. The number of hydrogen-bond acceptors (Lipinski definition) is 3. The number of benzene rings is 1. The number of methoxy groups -OCH3 is 1. The second-order valence-electron chi connectivity index (χ2n) is 3.33. The fraction of sp³-hybridized carbons (Fsp3) is 0.455. The molecule has 0 saturated heterocycles. The fourth-order valence-electron chi connectivity index (χ4n) is 1.37. The first-order chi connectivity index (χ1) is 6.69. The van der Waals surface area contributed by atoms with Crippen molar-refractivity contribution in [3.05, 3.63) is 28.8 Å². The van der Waals surface area contributed by atoms with Gasteiger partial charge in [-0.2, -0.15) is 12.6 Å². The van der Waals surface area contributed by atoms with E-state index in [9.17, 15) is 0 Å². The van der Waals surface area contributed by atoms with Crippen LogP contribution in [0, 0.1) is 13.8 Å². The van der Waals surface area contributed by atoms with Crippen LogP contribution in [0.2, 0.25) is 0 Å². The molecular formula is C11H17NOS. The van der Waals surface area contributed by atoms with Crippen LogP contribution >= 0.6 is 12.6 Å². The zero-order chi connectivity index (χ0) is 10.6. The van der Waals surface area contributed by atoms with Crippen molar-refractivity contribution in [2.75, 3.05) is 13.0 Å². The third-order valence-electron chi connectivity index (χ3n) is 2.32. The Kier molecular flexibility index (Phi) is 4.29. The van der Waals surface area contributed by atoms with E-state index in [4.69, 9.17) is 4.74 Å². The van der Waals surface area contributed by atoms with Gasteiger partial charge in [-0.15, -0.1) is 0 Å². The Hall–Kier alpha value is -0.670. The van der Waals surface area contributed by atoms with Crippen LogP contribution in [0.4, 0.5) is 0 Å². The van der Waals surface area contributed by atoms with Crippen molar-refractivity contribution in [3.63, 3.8) is 0 Å². The maximum atomic E-state index is 5.31. The summed E-state index contributed by atoms with van der Waals surface area (Å²) in [7, 11) is 1.70. The molecule has 0 fully saturated rings. The molecule has 2 nitrogen and oxygen atoms in total. The van der Waals surface area contributed by atoms with Gasteiger partial charge in [0.25, 0.3) is 0 Å². The third-order valence-corrected chi connectivity index (χ3v) is 2.55. The summed E-state index contributed by atoms with van der Waals surface area (Å²) in [4.78, 5) is 0. The Morgan fingerprint density at radius 3 is 2.50 bits per heavy atom. The third kappa shape index (κ3) is 2.66. The van der Waals surface area contributed by atoms with Crippen molar-refractivity contribution < 1.29 is 4.74 Å². The molecule has 1 N–H and O–H groups in total. The molecule has 0 unspecified atom stereocenters. The maximum Gasteiger partial charge on any atom is 0.123 e.